The van der Waals surface area contributed by atoms with Crippen LogP contribution in [-0.4, -0.2) is 35.4 Å². The van der Waals surface area contributed by atoms with Crippen LogP contribution in [0, 0.1) is 0 Å². The molecule has 2 N–H and O–H groups in total. The van der Waals surface area contributed by atoms with Gasteiger partial charge >= 0.3 is 8.56 Å². The fourth-order valence-electron chi connectivity index (χ4n) is 4.24. The fraction of sp³-hybridized carbons (Fsp3) is 0.520. The number of rotatable bonds is 10. The van der Waals surface area contributed by atoms with Gasteiger partial charge in [-0.1, -0.05) is 38.1 Å². The Balaban J connectivity index is 2.19. The molecular weight excluding hydrogens is 449 g/mol. The lowest BCUT2D eigenvalue weighted by Crippen LogP contribution is -2.52. The molecule has 0 bridgehead atoms. The van der Waals surface area contributed by atoms with Gasteiger partial charge in [0.1, 0.15) is 11.5 Å². The molecule has 0 aliphatic rings. The average Bonchev–Trinajstić information content (AvgIpc) is 2.60. The van der Waals surface area contributed by atoms with Crippen LogP contribution in [0.15, 0.2) is 42.5 Å². The predicted octanol–water partition coefficient (Wildman–Crippen LogP) is 7.13. The van der Waals surface area contributed by atoms with Crippen molar-refractivity contribution in [2.75, 3.05) is 0 Å². The lowest BCUT2D eigenvalue weighted by molar-refractivity contribution is 0.381. The summed E-state index contributed by atoms with van der Waals surface area (Å²) in [6.45, 7) is 19.9. The first-order valence-corrected chi connectivity index (χ1v) is 20.9. The van der Waals surface area contributed by atoms with Gasteiger partial charge in [-0.15, -0.1) is 0 Å². The van der Waals surface area contributed by atoms with E-state index in [0.29, 0.717) is 5.75 Å². The molecule has 4 nitrogen and oxygen atoms in total. The van der Waals surface area contributed by atoms with Gasteiger partial charge in [-0.25, -0.2) is 0 Å². The van der Waals surface area contributed by atoms with E-state index in [0.717, 1.165) is 35.6 Å². The second-order valence-electron chi connectivity index (χ2n) is 11.4. The number of hydrogen-bond acceptors (Lipinski definition) is 4. The Morgan fingerprint density at radius 3 is 1.75 bits per heavy atom. The molecule has 0 aromatic heterocycles. The molecule has 2 aromatic rings. The number of benzene rings is 2. The van der Waals surface area contributed by atoms with Crippen molar-refractivity contribution < 1.29 is 18.4 Å². The topological polar surface area (TPSA) is 58.9 Å². The molecule has 178 valence electrons. The zero-order valence-corrected chi connectivity index (χ0v) is 24.4. The van der Waals surface area contributed by atoms with Gasteiger partial charge < -0.3 is 18.4 Å². The predicted molar refractivity (Wildman–Crippen MR) is 142 cm³/mol. The number of aryl methyl sites for hydroxylation is 1. The fourth-order valence-corrected chi connectivity index (χ4v) is 16.8. The number of phenols is 2. The Kier molecular flexibility index (Phi) is 8.27. The van der Waals surface area contributed by atoms with Crippen molar-refractivity contribution in [1.82, 2.24) is 0 Å². The number of aromatic hydroxyl groups is 2. The molecule has 0 heterocycles. The molecule has 0 amide bonds. The highest BCUT2D eigenvalue weighted by Gasteiger charge is 2.39. The quantitative estimate of drug-likeness (QED) is 0.348. The van der Waals surface area contributed by atoms with Gasteiger partial charge in [-0.05, 0) is 99.6 Å². The van der Waals surface area contributed by atoms with Gasteiger partial charge in [0.05, 0.1) is 0 Å². The van der Waals surface area contributed by atoms with Gasteiger partial charge in [0.2, 0.25) is 0 Å². The minimum atomic E-state index is -2.28. The lowest BCUT2D eigenvalue weighted by Gasteiger charge is -2.38. The molecule has 0 atom stereocenters. The highest BCUT2D eigenvalue weighted by molar-refractivity contribution is 6.87. The van der Waals surface area contributed by atoms with E-state index in [-0.39, 0.29) is 11.2 Å². The van der Waals surface area contributed by atoms with Crippen LogP contribution in [0.3, 0.4) is 0 Å². The van der Waals surface area contributed by atoms with Gasteiger partial charge in [0.25, 0.3) is 0 Å². The molecular formula is C25H42O4Si3. The SMILES string of the molecule is CC(C)(c1ccc(O)cc1)c1ccc(O)c(CCC[Si](C)(O[Si](C)(C)C)O[Si](C)(C)C)c1. The third-order valence-corrected chi connectivity index (χ3v) is 15.1. The van der Waals surface area contributed by atoms with Crippen molar-refractivity contribution in [2.45, 2.75) is 84.0 Å². The van der Waals surface area contributed by atoms with Crippen molar-refractivity contribution in [3.8, 4) is 11.5 Å². The average molecular weight is 491 g/mol. The molecule has 0 spiro atoms. The molecule has 0 unspecified atom stereocenters. The molecule has 0 radical (unpaired) electrons. The van der Waals surface area contributed by atoms with Crippen LogP contribution in [0.4, 0.5) is 0 Å². The second-order valence-corrected chi connectivity index (χ2v) is 24.3. The molecule has 2 aromatic carbocycles. The van der Waals surface area contributed by atoms with E-state index < -0.39 is 25.2 Å². The minimum Gasteiger partial charge on any atom is -0.508 e. The van der Waals surface area contributed by atoms with Crippen molar-refractivity contribution in [1.29, 1.82) is 0 Å². The van der Waals surface area contributed by atoms with E-state index in [1.54, 1.807) is 18.2 Å². The zero-order valence-electron chi connectivity index (χ0n) is 21.4. The van der Waals surface area contributed by atoms with E-state index in [1.165, 1.54) is 0 Å². The third-order valence-electron chi connectivity index (χ3n) is 5.51. The van der Waals surface area contributed by atoms with Gasteiger partial charge in [-0.2, -0.15) is 0 Å². The standard InChI is InChI=1S/C25H42O4Si3/c1-25(2,21-12-15-23(26)16-13-21)22-14-17-24(27)20(19-22)11-10-18-32(9,28-30(3,4)5)29-31(6,7)8/h12-17,19,26-27H,10-11,18H2,1-9H3. The van der Waals surface area contributed by atoms with Crippen LogP contribution < -0.4 is 0 Å². The van der Waals surface area contributed by atoms with Crippen LogP contribution in [-0.2, 0) is 20.1 Å². The summed E-state index contributed by atoms with van der Waals surface area (Å²) in [7, 11) is -5.71. The Morgan fingerprint density at radius 2 is 1.25 bits per heavy atom. The highest BCUT2D eigenvalue weighted by atomic mass is 28.5. The van der Waals surface area contributed by atoms with Crippen LogP contribution in [0.1, 0.15) is 37.0 Å². The monoisotopic (exact) mass is 490 g/mol. The Labute approximate surface area is 198 Å². The number of phenolic OH excluding ortho intramolecular Hbond substituents is 2. The summed E-state index contributed by atoms with van der Waals surface area (Å²) >= 11 is 0. The van der Waals surface area contributed by atoms with Crippen LogP contribution in [0.5, 0.6) is 11.5 Å². The van der Waals surface area contributed by atoms with Crippen molar-refractivity contribution in [3.05, 3.63) is 59.2 Å². The van der Waals surface area contributed by atoms with Gasteiger partial charge in [0.15, 0.2) is 16.6 Å². The molecule has 0 saturated carbocycles. The first-order valence-electron chi connectivity index (χ1n) is 11.5. The zero-order chi connectivity index (χ0) is 24.4. The molecule has 0 fully saturated rings. The maximum absolute atomic E-state index is 10.5. The molecule has 0 saturated heterocycles. The Bertz CT molecular complexity index is 881. The summed E-state index contributed by atoms with van der Waals surface area (Å²) in [6.07, 6.45) is 1.71. The number of hydrogen-bond donors (Lipinski definition) is 2. The summed E-state index contributed by atoms with van der Waals surface area (Å²) in [5.74, 6) is 0.611. The largest absolute Gasteiger partial charge is 0.508 e. The normalized spacial score (nSPS) is 13.4. The van der Waals surface area contributed by atoms with Crippen molar-refractivity contribution in [3.63, 3.8) is 0 Å². The highest BCUT2D eigenvalue weighted by Crippen LogP contribution is 2.35. The third kappa shape index (κ3) is 7.88. The summed E-state index contributed by atoms with van der Waals surface area (Å²) in [5, 5.41) is 20.2. The van der Waals surface area contributed by atoms with Crippen LogP contribution >= 0.6 is 0 Å². The summed E-state index contributed by atoms with van der Waals surface area (Å²) < 4.78 is 13.2. The first-order chi connectivity index (χ1) is 14.5. The van der Waals surface area contributed by atoms with Crippen LogP contribution in [0.25, 0.3) is 0 Å². The summed E-state index contributed by atoms with van der Waals surface area (Å²) in [6, 6.07) is 14.2. The molecule has 7 heteroatoms. The lowest BCUT2D eigenvalue weighted by atomic mass is 9.77. The van der Waals surface area contributed by atoms with E-state index in [4.69, 9.17) is 8.23 Å². The van der Waals surface area contributed by atoms with Gasteiger partial charge in [-0.3, -0.25) is 0 Å². The minimum absolute atomic E-state index is 0.235. The van der Waals surface area contributed by atoms with E-state index in [1.807, 2.05) is 18.2 Å². The molecule has 32 heavy (non-hydrogen) atoms. The van der Waals surface area contributed by atoms with Crippen molar-refractivity contribution >= 4 is 25.2 Å². The molecule has 0 aliphatic heterocycles. The Hall–Kier alpha value is -1.39. The van der Waals surface area contributed by atoms with Crippen LogP contribution in [0.2, 0.25) is 51.9 Å². The van der Waals surface area contributed by atoms with E-state index in [2.05, 4.69) is 65.7 Å². The van der Waals surface area contributed by atoms with E-state index in [9.17, 15) is 10.2 Å². The summed E-state index contributed by atoms with van der Waals surface area (Å²) in [4.78, 5) is 0. The smallest absolute Gasteiger partial charge is 0.314 e. The second kappa shape index (κ2) is 9.85. The van der Waals surface area contributed by atoms with E-state index >= 15 is 0 Å². The molecule has 0 aliphatic carbocycles. The first kappa shape index (κ1) is 26.9. The molecule has 2 rings (SSSR count). The Morgan fingerprint density at radius 1 is 0.750 bits per heavy atom. The van der Waals surface area contributed by atoms with Gasteiger partial charge in [0, 0.05) is 5.41 Å². The maximum Gasteiger partial charge on any atom is 0.314 e. The van der Waals surface area contributed by atoms with Crippen molar-refractivity contribution in [2.24, 2.45) is 0 Å². The maximum atomic E-state index is 10.5. The summed E-state index contributed by atoms with van der Waals surface area (Å²) in [5.41, 5.74) is 3.00.